The first-order valence-electron chi connectivity index (χ1n) is 7.90. The Morgan fingerprint density at radius 2 is 1.67 bits per heavy atom. The number of amides is 2. The maximum Gasteiger partial charge on any atom is 0.238 e. The summed E-state index contributed by atoms with van der Waals surface area (Å²) < 4.78 is 0. The van der Waals surface area contributed by atoms with E-state index < -0.39 is 0 Å². The lowest BCUT2D eigenvalue weighted by molar-refractivity contribution is -0.116. The van der Waals surface area contributed by atoms with Gasteiger partial charge in [0.15, 0.2) is 0 Å². The van der Waals surface area contributed by atoms with E-state index in [0.717, 1.165) is 11.3 Å². The minimum Gasteiger partial charge on any atom is -0.325 e. The Labute approximate surface area is 142 Å². The Balaban J connectivity index is 1.85. The molecular formula is C19H23N3O2. The number of hydrogen-bond acceptors (Lipinski definition) is 3. The quantitative estimate of drug-likeness (QED) is 0.858. The molecule has 0 bridgehead atoms. The molecule has 126 valence electrons. The number of anilines is 2. The Morgan fingerprint density at radius 3 is 2.25 bits per heavy atom. The van der Waals surface area contributed by atoms with E-state index >= 15 is 0 Å². The lowest BCUT2D eigenvalue weighted by Gasteiger charge is -2.16. The molecule has 0 aromatic heterocycles. The molecule has 1 atom stereocenters. The fourth-order valence-corrected chi connectivity index (χ4v) is 2.26. The van der Waals surface area contributed by atoms with E-state index in [9.17, 15) is 9.59 Å². The molecule has 0 saturated heterocycles. The first-order valence-corrected chi connectivity index (χ1v) is 7.90. The Kier molecular flexibility index (Phi) is 6.09. The molecule has 0 radical (unpaired) electrons. The summed E-state index contributed by atoms with van der Waals surface area (Å²) in [7, 11) is 1.71. The highest BCUT2D eigenvalue weighted by Gasteiger charge is 2.09. The molecule has 2 aromatic carbocycles. The van der Waals surface area contributed by atoms with Crippen molar-refractivity contribution in [3.63, 3.8) is 0 Å². The largest absolute Gasteiger partial charge is 0.325 e. The molecule has 2 rings (SSSR count). The van der Waals surface area contributed by atoms with E-state index in [1.54, 1.807) is 36.2 Å². The van der Waals surface area contributed by atoms with Gasteiger partial charge in [-0.2, -0.15) is 0 Å². The lowest BCUT2D eigenvalue weighted by atomic mass is 10.1. The summed E-state index contributed by atoms with van der Waals surface area (Å²) in [4.78, 5) is 24.9. The van der Waals surface area contributed by atoms with Crippen molar-refractivity contribution < 1.29 is 9.59 Å². The number of benzene rings is 2. The second-order valence-electron chi connectivity index (χ2n) is 5.69. The zero-order chi connectivity index (χ0) is 17.5. The molecule has 2 N–H and O–H groups in total. The molecule has 1 unspecified atom stereocenters. The summed E-state index contributed by atoms with van der Waals surface area (Å²) in [5, 5.41) is 6.04. The molecule has 0 aliphatic rings. The van der Waals surface area contributed by atoms with Gasteiger partial charge in [0.1, 0.15) is 0 Å². The molecule has 0 spiro atoms. The highest BCUT2D eigenvalue weighted by Crippen LogP contribution is 2.17. The van der Waals surface area contributed by atoms with Crippen molar-refractivity contribution in [1.29, 1.82) is 0 Å². The molecule has 0 aliphatic heterocycles. The van der Waals surface area contributed by atoms with E-state index in [-0.39, 0.29) is 24.4 Å². The van der Waals surface area contributed by atoms with Gasteiger partial charge in [0, 0.05) is 31.4 Å². The Morgan fingerprint density at radius 1 is 1.04 bits per heavy atom. The summed E-state index contributed by atoms with van der Waals surface area (Å²) in [5.41, 5.74) is 2.63. The molecule has 0 heterocycles. The summed E-state index contributed by atoms with van der Waals surface area (Å²) >= 11 is 0. The van der Waals surface area contributed by atoms with Gasteiger partial charge in [-0.3, -0.25) is 9.59 Å². The van der Waals surface area contributed by atoms with Crippen molar-refractivity contribution in [2.75, 3.05) is 23.8 Å². The SMILES string of the molecule is CC(=O)N(C)c1ccc(NC(=O)CNC(C)c2ccccc2)cc1. The highest BCUT2D eigenvalue weighted by atomic mass is 16.2. The monoisotopic (exact) mass is 325 g/mol. The fourth-order valence-electron chi connectivity index (χ4n) is 2.26. The topological polar surface area (TPSA) is 61.4 Å². The lowest BCUT2D eigenvalue weighted by Crippen LogP contribution is -2.30. The van der Waals surface area contributed by atoms with Gasteiger partial charge in [0.2, 0.25) is 11.8 Å². The molecule has 2 aromatic rings. The van der Waals surface area contributed by atoms with Crippen LogP contribution in [0.15, 0.2) is 54.6 Å². The molecular weight excluding hydrogens is 302 g/mol. The van der Waals surface area contributed by atoms with Crippen LogP contribution in [-0.4, -0.2) is 25.4 Å². The van der Waals surface area contributed by atoms with Gasteiger partial charge >= 0.3 is 0 Å². The summed E-state index contributed by atoms with van der Waals surface area (Å²) in [6, 6.07) is 17.3. The van der Waals surface area contributed by atoms with Crippen molar-refractivity contribution in [1.82, 2.24) is 5.32 Å². The van der Waals surface area contributed by atoms with Crippen LogP contribution in [0, 0.1) is 0 Å². The first-order chi connectivity index (χ1) is 11.5. The van der Waals surface area contributed by atoms with Gasteiger partial charge in [-0.05, 0) is 36.8 Å². The van der Waals surface area contributed by atoms with Gasteiger partial charge in [0.25, 0.3) is 0 Å². The maximum atomic E-state index is 12.0. The number of nitrogens with zero attached hydrogens (tertiary/aromatic N) is 1. The maximum absolute atomic E-state index is 12.0. The van der Waals surface area contributed by atoms with Crippen LogP contribution in [0.5, 0.6) is 0 Å². The van der Waals surface area contributed by atoms with Crippen LogP contribution in [0.4, 0.5) is 11.4 Å². The average molecular weight is 325 g/mol. The van der Waals surface area contributed by atoms with Crippen LogP contribution in [-0.2, 0) is 9.59 Å². The van der Waals surface area contributed by atoms with Crippen molar-refractivity contribution in [2.24, 2.45) is 0 Å². The van der Waals surface area contributed by atoms with Crippen molar-refractivity contribution in [3.05, 3.63) is 60.2 Å². The molecule has 0 saturated carbocycles. The average Bonchev–Trinajstić information content (AvgIpc) is 2.60. The normalized spacial score (nSPS) is 11.6. The van der Waals surface area contributed by atoms with Crippen molar-refractivity contribution in [2.45, 2.75) is 19.9 Å². The van der Waals surface area contributed by atoms with Crippen molar-refractivity contribution in [3.8, 4) is 0 Å². The second kappa shape index (κ2) is 8.26. The van der Waals surface area contributed by atoms with Crippen LogP contribution >= 0.6 is 0 Å². The number of hydrogen-bond donors (Lipinski definition) is 2. The van der Waals surface area contributed by atoms with Crippen LogP contribution in [0.25, 0.3) is 0 Å². The molecule has 24 heavy (non-hydrogen) atoms. The zero-order valence-corrected chi connectivity index (χ0v) is 14.2. The Bertz CT molecular complexity index is 684. The van der Waals surface area contributed by atoms with Gasteiger partial charge < -0.3 is 15.5 Å². The van der Waals surface area contributed by atoms with Crippen LogP contribution in [0.2, 0.25) is 0 Å². The predicted octanol–water partition coefficient (Wildman–Crippen LogP) is 2.96. The fraction of sp³-hybridized carbons (Fsp3) is 0.263. The molecule has 0 aliphatic carbocycles. The van der Waals surface area contributed by atoms with E-state index in [1.165, 1.54) is 6.92 Å². The predicted molar refractivity (Wildman–Crippen MR) is 97.0 cm³/mol. The molecule has 0 fully saturated rings. The summed E-state index contributed by atoms with van der Waals surface area (Å²) in [6.07, 6.45) is 0. The first kappa shape index (κ1) is 17.7. The number of carbonyl (C=O) groups is 2. The van der Waals surface area contributed by atoms with Crippen LogP contribution < -0.4 is 15.5 Å². The minimum absolute atomic E-state index is 0.0362. The number of carbonyl (C=O) groups excluding carboxylic acids is 2. The standard InChI is InChI=1S/C19H23N3O2/c1-14(16-7-5-4-6-8-16)20-13-19(24)21-17-9-11-18(12-10-17)22(3)15(2)23/h4-12,14,20H,13H2,1-3H3,(H,21,24). The Hall–Kier alpha value is -2.66. The van der Waals surface area contributed by atoms with Gasteiger partial charge in [-0.15, -0.1) is 0 Å². The molecule has 5 heteroatoms. The van der Waals surface area contributed by atoms with E-state index in [2.05, 4.69) is 10.6 Å². The smallest absolute Gasteiger partial charge is 0.238 e. The third-order valence-corrected chi connectivity index (χ3v) is 3.88. The zero-order valence-electron chi connectivity index (χ0n) is 14.2. The van der Waals surface area contributed by atoms with E-state index in [1.807, 2.05) is 37.3 Å². The second-order valence-corrected chi connectivity index (χ2v) is 5.69. The minimum atomic E-state index is -0.106. The number of nitrogens with one attached hydrogen (secondary N) is 2. The van der Waals surface area contributed by atoms with Crippen molar-refractivity contribution >= 4 is 23.2 Å². The number of rotatable bonds is 6. The summed E-state index contributed by atoms with van der Waals surface area (Å²) in [5.74, 6) is -0.142. The van der Waals surface area contributed by atoms with Crippen LogP contribution in [0.1, 0.15) is 25.5 Å². The van der Waals surface area contributed by atoms with Gasteiger partial charge in [-0.1, -0.05) is 30.3 Å². The third kappa shape index (κ3) is 4.93. The van der Waals surface area contributed by atoms with Gasteiger partial charge in [0.05, 0.1) is 6.54 Å². The third-order valence-electron chi connectivity index (χ3n) is 3.88. The van der Waals surface area contributed by atoms with Gasteiger partial charge in [-0.25, -0.2) is 0 Å². The molecule has 5 nitrogen and oxygen atoms in total. The highest BCUT2D eigenvalue weighted by molar-refractivity contribution is 5.93. The summed E-state index contributed by atoms with van der Waals surface area (Å²) in [6.45, 7) is 3.76. The van der Waals surface area contributed by atoms with E-state index in [0.29, 0.717) is 5.69 Å². The molecule has 2 amide bonds. The van der Waals surface area contributed by atoms with Crippen LogP contribution in [0.3, 0.4) is 0 Å². The van der Waals surface area contributed by atoms with E-state index in [4.69, 9.17) is 0 Å².